The van der Waals surface area contributed by atoms with Gasteiger partial charge in [0.1, 0.15) is 18.2 Å². The van der Waals surface area contributed by atoms with E-state index in [1.54, 1.807) is 30.2 Å². The van der Waals surface area contributed by atoms with Crippen LogP contribution in [0.4, 0.5) is 6.01 Å². The largest absolute Gasteiger partial charge is 0.493 e. The van der Waals surface area contributed by atoms with Crippen molar-refractivity contribution in [3.8, 4) is 11.5 Å². The normalized spacial score (nSPS) is 15.3. The summed E-state index contributed by atoms with van der Waals surface area (Å²) >= 11 is 6.24. The lowest BCUT2D eigenvalue weighted by molar-refractivity contribution is -0.138. The van der Waals surface area contributed by atoms with E-state index in [9.17, 15) is 9.90 Å². The van der Waals surface area contributed by atoms with Crippen LogP contribution in [0.2, 0.25) is 5.02 Å². The van der Waals surface area contributed by atoms with E-state index in [2.05, 4.69) is 4.98 Å². The molecule has 3 aromatic carbocycles. The maximum atomic E-state index is 12.3. The number of carbonyl (C=O) groups is 1. The standard InChI is InChI=1S/C25H21ClN2O5/c1-31-21-11-10-16-13-28(25-27-22-18(26)8-5-9-20(22)33-25)19(24(29)30)12-17(16)23(21)32-14-15-6-3-2-4-7-15/h2-11,19H,12-14H2,1H3,(H,29,30). The molecular weight excluding hydrogens is 444 g/mol. The first-order chi connectivity index (χ1) is 16.0. The summed E-state index contributed by atoms with van der Waals surface area (Å²) in [7, 11) is 1.57. The van der Waals surface area contributed by atoms with Gasteiger partial charge in [0.2, 0.25) is 0 Å². The fourth-order valence-electron chi connectivity index (χ4n) is 4.11. The van der Waals surface area contributed by atoms with Gasteiger partial charge in [-0.25, -0.2) is 4.79 Å². The maximum Gasteiger partial charge on any atom is 0.326 e. The number of oxazole rings is 1. The van der Waals surface area contributed by atoms with E-state index in [0.29, 0.717) is 40.8 Å². The highest BCUT2D eigenvalue weighted by Gasteiger charge is 2.37. The van der Waals surface area contributed by atoms with E-state index in [0.717, 1.165) is 16.7 Å². The minimum Gasteiger partial charge on any atom is -0.493 e. The van der Waals surface area contributed by atoms with Crippen LogP contribution < -0.4 is 14.4 Å². The van der Waals surface area contributed by atoms with Gasteiger partial charge in [0.05, 0.1) is 12.1 Å². The molecule has 0 spiro atoms. The van der Waals surface area contributed by atoms with Gasteiger partial charge in [-0.1, -0.05) is 54.1 Å². The molecule has 1 atom stereocenters. The molecule has 0 radical (unpaired) electrons. The smallest absolute Gasteiger partial charge is 0.326 e. The van der Waals surface area contributed by atoms with Crippen LogP contribution in [0.25, 0.3) is 11.1 Å². The number of methoxy groups -OCH3 is 1. The van der Waals surface area contributed by atoms with E-state index in [4.69, 9.17) is 25.5 Å². The van der Waals surface area contributed by atoms with Gasteiger partial charge in [-0.2, -0.15) is 4.98 Å². The Hall–Kier alpha value is -3.71. The van der Waals surface area contributed by atoms with Gasteiger partial charge in [0.25, 0.3) is 6.01 Å². The highest BCUT2D eigenvalue weighted by atomic mass is 35.5. The number of rotatable bonds is 6. The number of benzene rings is 3. The quantitative estimate of drug-likeness (QED) is 0.425. The zero-order valence-electron chi connectivity index (χ0n) is 17.8. The van der Waals surface area contributed by atoms with Gasteiger partial charge in [0.15, 0.2) is 17.1 Å². The molecule has 4 aromatic rings. The van der Waals surface area contributed by atoms with Crippen molar-refractivity contribution in [1.29, 1.82) is 0 Å². The molecule has 0 aliphatic carbocycles. The number of hydrogen-bond donors (Lipinski definition) is 1. The molecule has 1 N–H and O–H groups in total. The fraction of sp³-hybridized carbons (Fsp3) is 0.200. The number of halogens is 1. The second kappa shape index (κ2) is 8.67. The molecular formula is C25H21ClN2O5. The molecule has 33 heavy (non-hydrogen) atoms. The Kier molecular flexibility index (Phi) is 5.56. The van der Waals surface area contributed by atoms with Crippen LogP contribution in [0.15, 0.2) is 65.1 Å². The average molecular weight is 465 g/mol. The van der Waals surface area contributed by atoms with Crippen LogP contribution in [0.3, 0.4) is 0 Å². The first-order valence-corrected chi connectivity index (χ1v) is 10.8. The fourth-order valence-corrected chi connectivity index (χ4v) is 4.32. The van der Waals surface area contributed by atoms with Crippen molar-refractivity contribution in [2.24, 2.45) is 0 Å². The van der Waals surface area contributed by atoms with Crippen LogP contribution in [-0.2, 0) is 24.4 Å². The van der Waals surface area contributed by atoms with Crippen molar-refractivity contribution < 1.29 is 23.8 Å². The number of aliphatic carboxylic acids is 1. The van der Waals surface area contributed by atoms with Crippen LogP contribution in [0.5, 0.6) is 11.5 Å². The molecule has 2 heterocycles. The lowest BCUT2D eigenvalue weighted by Crippen LogP contribution is -2.46. The second-order valence-electron chi connectivity index (χ2n) is 7.78. The summed E-state index contributed by atoms with van der Waals surface area (Å²) < 4.78 is 17.6. The number of para-hydroxylation sites is 1. The molecule has 0 saturated heterocycles. The van der Waals surface area contributed by atoms with Crippen molar-refractivity contribution in [2.75, 3.05) is 12.0 Å². The molecule has 168 valence electrons. The number of fused-ring (bicyclic) bond motifs is 2. The molecule has 1 aliphatic rings. The van der Waals surface area contributed by atoms with Gasteiger partial charge in [0, 0.05) is 18.5 Å². The van der Waals surface area contributed by atoms with Crippen molar-refractivity contribution in [3.05, 3.63) is 82.4 Å². The number of carboxylic acids is 1. The summed E-state index contributed by atoms with van der Waals surface area (Å²) in [5, 5.41) is 10.5. The van der Waals surface area contributed by atoms with Gasteiger partial charge in [-0.05, 0) is 29.3 Å². The Morgan fingerprint density at radius 1 is 1.18 bits per heavy atom. The zero-order valence-corrected chi connectivity index (χ0v) is 18.6. The number of carboxylic acid groups (broad SMARTS) is 1. The van der Waals surface area contributed by atoms with Gasteiger partial charge in [-0.15, -0.1) is 0 Å². The van der Waals surface area contributed by atoms with E-state index in [-0.39, 0.29) is 12.4 Å². The van der Waals surface area contributed by atoms with Crippen molar-refractivity contribution >= 4 is 34.7 Å². The summed E-state index contributed by atoms with van der Waals surface area (Å²) in [5.74, 6) is 0.145. The van der Waals surface area contributed by atoms with Crippen LogP contribution in [0.1, 0.15) is 16.7 Å². The van der Waals surface area contributed by atoms with E-state index in [1.165, 1.54) is 0 Å². The topological polar surface area (TPSA) is 85.0 Å². The maximum absolute atomic E-state index is 12.3. The molecule has 8 heteroatoms. The summed E-state index contributed by atoms with van der Waals surface area (Å²) in [6.07, 6.45) is 0.207. The highest BCUT2D eigenvalue weighted by Crippen LogP contribution is 2.40. The number of nitrogens with zero attached hydrogens (tertiary/aromatic N) is 2. The van der Waals surface area contributed by atoms with E-state index < -0.39 is 12.0 Å². The highest BCUT2D eigenvalue weighted by molar-refractivity contribution is 6.34. The number of anilines is 1. The SMILES string of the molecule is COc1ccc2c(c1OCc1ccccc1)CC(C(=O)O)N(c1nc3c(Cl)cccc3o1)C2. The lowest BCUT2D eigenvalue weighted by atomic mass is 9.93. The predicted octanol–water partition coefficient (Wildman–Crippen LogP) is 5.08. The first-order valence-electron chi connectivity index (χ1n) is 10.4. The van der Waals surface area contributed by atoms with Gasteiger partial charge < -0.3 is 23.9 Å². The molecule has 0 bridgehead atoms. The van der Waals surface area contributed by atoms with Crippen molar-refractivity contribution in [2.45, 2.75) is 25.6 Å². The Bertz CT molecular complexity index is 1320. The molecule has 5 rings (SSSR count). The average Bonchev–Trinajstić information content (AvgIpc) is 3.28. The zero-order chi connectivity index (χ0) is 22.9. The molecule has 1 aromatic heterocycles. The number of ether oxygens (including phenoxy) is 2. The first kappa shape index (κ1) is 21.2. The van der Waals surface area contributed by atoms with Crippen molar-refractivity contribution in [1.82, 2.24) is 4.98 Å². The monoisotopic (exact) mass is 464 g/mol. The Morgan fingerprint density at radius 2 is 2.00 bits per heavy atom. The third-order valence-electron chi connectivity index (χ3n) is 5.77. The number of hydrogen-bond acceptors (Lipinski definition) is 6. The summed E-state index contributed by atoms with van der Waals surface area (Å²) in [5.41, 5.74) is 3.75. The van der Waals surface area contributed by atoms with Crippen LogP contribution in [0, 0.1) is 0 Å². The van der Waals surface area contributed by atoms with E-state index in [1.807, 2.05) is 42.5 Å². The lowest BCUT2D eigenvalue weighted by Gasteiger charge is -2.34. The minimum atomic E-state index is -0.981. The third-order valence-corrected chi connectivity index (χ3v) is 6.08. The predicted molar refractivity (Wildman–Crippen MR) is 124 cm³/mol. The summed E-state index contributed by atoms with van der Waals surface area (Å²) in [4.78, 5) is 18.4. The molecule has 7 nitrogen and oxygen atoms in total. The van der Waals surface area contributed by atoms with E-state index >= 15 is 0 Å². The Morgan fingerprint density at radius 3 is 2.73 bits per heavy atom. The Labute approximate surface area is 195 Å². The van der Waals surface area contributed by atoms with Crippen LogP contribution >= 0.6 is 11.6 Å². The molecule has 0 saturated carbocycles. The van der Waals surface area contributed by atoms with Crippen molar-refractivity contribution in [3.63, 3.8) is 0 Å². The number of aromatic nitrogens is 1. The third kappa shape index (κ3) is 3.96. The Balaban J connectivity index is 1.53. The minimum absolute atomic E-state index is 0.207. The molecule has 1 unspecified atom stereocenters. The molecule has 1 aliphatic heterocycles. The van der Waals surface area contributed by atoms with Crippen LogP contribution in [-0.4, -0.2) is 29.2 Å². The second-order valence-corrected chi connectivity index (χ2v) is 8.19. The van der Waals surface area contributed by atoms with Gasteiger partial charge in [-0.3, -0.25) is 0 Å². The molecule has 0 amide bonds. The summed E-state index contributed by atoms with van der Waals surface area (Å²) in [6, 6.07) is 18.1. The molecule has 0 fully saturated rings. The van der Waals surface area contributed by atoms with Gasteiger partial charge >= 0.3 is 5.97 Å². The summed E-state index contributed by atoms with van der Waals surface area (Å²) in [6.45, 7) is 0.640.